The molecule has 30 heavy (non-hydrogen) atoms. The third-order valence-corrected chi connectivity index (χ3v) is 5.82. The molecule has 1 amide bonds. The largest absolute Gasteiger partial charge is 0.477 e. The second-order valence-corrected chi connectivity index (χ2v) is 8.15. The van der Waals surface area contributed by atoms with E-state index in [0.29, 0.717) is 41.7 Å². The van der Waals surface area contributed by atoms with Crippen LogP contribution in [0.15, 0.2) is 28.6 Å². The van der Waals surface area contributed by atoms with Crippen molar-refractivity contribution in [2.45, 2.75) is 32.7 Å². The van der Waals surface area contributed by atoms with Crippen LogP contribution in [0.1, 0.15) is 35.7 Å². The summed E-state index contributed by atoms with van der Waals surface area (Å²) in [5.74, 6) is -0.568. The molecule has 0 saturated carbocycles. The van der Waals surface area contributed by atoms with Crippen LogP contribution in [-0.4, -0.2) is 50.6 Å². The number of aromatic carboxylic acids is 1. The first kappa shape index (κ1) is 20.0. The van der Waals surface area contributed by atoms with Crippen LogP contribution in [0.4, 0.5) is 5.82 Å². The number of rotatable bonds is 6. The van der Waals surface area contributed by atoms with Gasteiger partial charge in [0.25, 0.3) is 0 Å². The van der Waals surface area contributed by atoms with Gasteiger partial charge in [0.2, 0.25) is 11.3 Å². The lowest BCUT2D eigenvalue weighted by molar-refractivity contribution is -0.122. The molecule has 0 aromatic carbocycles. The molecule has 2 N–H and O–H groups in total. The normalized spacial score (nSPS) is 14.0. The van der Waals surface area contributed by atoms with Crippen LogP contribution in [0.25, 0.3) is 16.2 Å². The van der Waals surface area contributed by atoms with Crippen LogP contribution < -0.4 is 15.6 Å². The van der Waals surface area contributed by atoms with Gasteiger partial charge in [0.15, 0.2) is 10.8 Å². The quantitative estimate of drug-likeness (QED) is 0.617. The van der Waals surface area contributed by atoms with E-state index in [2.05, 4.69) is 15.3 Å². The van der Waals surface area contributed by atoms with E-state index in [9.17, 15) is 19.5 Å². The summed E-state index contributed by atoms with van der Waals surface area (Å²) in [7, 11) is 0. The number of fused-ring (bicyclic) bond motifs is 1. The number of nitrogens with zero attached hydrogens (tertiary/aromatic N) is 4. The molecule has 0 spiro atoms. The number of carboxylic acids is 1. The number of thiazole rings is 1. The smallest absolute Gasteiger partial charge is 0.341 e. The topological polar surface area (TPSA) is 117 Å². The number of anilines is 1. The first-order chi connectivity index (χ1) is 14.4. The number of carbonyl (C=O) groups excluding carboxylic acids is 1. The van der Waals surface area contributed by atoms with Crippen molar-refractivity contribution in [1.29, 1.82) is 0 Å². The van der Waals surface area contributed by atoms with Crippen LogP contribution in [0.2, 0.25) is 0 Å². The van der Waals surface area contributed by atoms with Gasteiger partial charge >= 0.3 is 5.97 Å². The fourth-order valence-corrected chi connectivity index (χ4v) is 4.17. The van der Waals surface area contributed by atoms with Crippen LogP contribution in [0.5, 0.6) is 0 Å². The Labute approximate surface area is 176 Å². The maximum atomic E-state index is 12.8. The van der Waals surface area contributed by atoms with Crippen molar-refractivity contribution in [3.8, 4) is 5.13 Å². The summed E-state index contributed by atoms with van der Waals surface area (Å²) >= 11 is 1.32. The molecule has 1 fully saturated rings. The molecule has 1 aliphatic rings. The minimum Gasteiger partial charge on any atom is -0.477 e. The summed E-state index contributed by atoms with van der Waals surface area (Å²) in [6.07, 6.45) is 4.21. The molecule has 9 nitrogen and oxygen atoms in total. The standard InChI is InChI=1S/C20H21N5O4S/c1-3-4-15(26)22-12-8-24(9-12)14-7-11(2)16-17(27)13(19(28)29)10-25(18(16)23-14)20-21-5-6-30-20/h5-7,10,12H,3-4,8-9H2,1-2H3,(H,22,26)(H,28,29). The van der Waals surface area contributed by atoms with Crippen molar-refractivity contribution in [2.24, 2.45) is 0 Å². The van der Waals surface area contributed by atoms with Crippen LogP contribution >= 0.6 is 11.3 Å². The predicted octanol–water partition coefficient (Wildman–Crippen LogP) is 1.95. The van der Waals surface area contributed by atoms with E-state index in [1.54, 1.807) is 29.1 Å². The number of aryl methyl sites for hydroxylation is 1. The molecule has 1 saturated heterocycles. The molecule has 0 aliphatic carbocycles. The van der Waals surface area contributed by atoms with E-state index in [-0.39, 0.29) is 22.9 Å². The van der Waals surface area contributed by atoms with Gasteiger partial charge < -0.3 is 15.3 Å². The molecule has 4 rings (SSSR count). The molecule has 0 bridgehead atoms. The van der Waals surface area contributed by atoms with Gasteiger partial charge in [0.1, 0.15) is 11.4 Å². The van der Waals surface area contributed by atoms with Crippen molar-refractivity contribution in [3.63, 3.8) is 0 Å². The third kappa shape index (κ3) is 3.54. The van der Waals surface area contributed by atoms with E-state index in [0.717, 1.165) is 6.42 Å². The molecule has 1 aliphatic heterocycles. The second kappa shape index (κ2) is 7.86. The van der Waals surface area contributed by atoms with Crippen molar-refractivity contribution >= 4 is 40.1 Å². The molecule has 0 atom stereocenters. The molecule has 3 aromatic rings. The molecular weight excluding hydrogens is 406 g/mol. The Kier molecular flexibility index (Phi) is 5.25. The molecule has 4 heterocycles. The number of aromatic nitrogens is 3. The SMILES string of the molecule is CCCC(=O)NC1CN(c2cc(C)c3c(=O)c(C(=O)O)cn(-c4nccs4)c3n2)C1. The van der Waals surface area contributed by atoms with Gasteiger partial charge in [0.05, 0.1) is 11.4 Å². The van der Waals surface area contributed by atoms with Gasteiger partial charge in [-0.3, -0.25) is 14.2 Å². The number of amides is 1. The number of hydrogen-bond donors (Lipinski definition) is 2. The van der Waals surface area contributed by atoms with Gasteiger partial charge in [-0.15, -0.1) is 11.3 Å². The maximum Gasteiger partial charge on any atom is 0.341 e. The lowest BCUT2D eigenvalue weighted by atomic mass is 10.1. The summed E-state index contributed by atoms with van der Waals surface area (Å²) in [5, 5.41) is 15.0. The first-order valence-corrected chi connectivity index (χ1v) is 10.5. The molecular formula is C20H21N5O4S. The maximum absolute atomic E-state index is 12.8. The summed E-state index contributed by atoms with van der Waals surface area (Å²) < 4.78 is 1.56. The summed E-state index contributed by atoms with van der Waals surface area (Å²) in [5.41, 5.74) is 0.133. The summed E-state index contributed by atoms with van der Waals surface area (Å²) in [6, 6.07) is 1.85. The van der Waals surface area contributed by atoms with Crippen LogP contribution in [-0.2, 0) is 4.79 Å². The monoisotopic (exact) mass is 427 g/mol. The van der Waals surface area contributed by atoms with E-state index >= 15 is 0 Å². The van der Waals surface area contributed by atoms with Crippen molar-refractivity contribution < 1.29 is 14.7 Å². The molecule has 0 unspecified atom stereocenters. The summed E-state index contributed by atoms with van der Waals surface area (Å²) in [4.78, 5) is 47.1. The van der Waals surface area contributed by atoms with Crippen molar-refractivity contribution in [3.05, 3.63) is 45.2 Å². The van der Waals surface area contributed by atoms with Gasteiger partial charge in [-0.05, 0) is 25.0 Å². The Bertz CT molecular complexity index is 1180. The fourth-order valence-electron chi connectivity index (χ4n) is 3.56. The van der Waals surface area contributed by atoms with Crippen LogP contribution in [0.3, 0.4) is 0 Å². The first-order valence-electron chi connectivity index (χ1n) is 9.63. The van der Waals surface area contributed by atoms with Gasteiger partial charge in [-0.2, -0.15) is 0 Å². The lowest BCUT2D eigenvalue weighted by Crippen LogP contribution is -2.59. The third-order valence-electron chi connectivity index (χ3n) is 5.05. The number of carbonyl (C=O) groups is 2. The number of hydrogen-bond acceptors (Lipinski definition) is 7. The zero-order chi connectivity index (χ0) is 21.4. The minimum atomic E-state index is -1.29. The zero-order valence-electron chi connectivity index (χ0n) is 16.6. The minimum absolute atomic E-state index is 0.0450. The lowest BCUT2D eigenvalue weighted by Gasteiger charge is -2.40. The Balaban J connectivity index is 1.74. The average Bonchev–Trinajstić information content (AvgIpc) is 3.18. The van der Waals surface area contributed by atoms with Gasteiger partial charge in [-0.25, -0.2) is 14.8 Å². The van der Waals surface area contributed by atoms with Crippen molar-refractivity contribution in [2.75, 3.05) is 18.0 Å². The number of pyridine rings is 2. The van der Waals surface area contributed by atoms with Crippen molar-refractivity contribution in [1.82, 2.24) is 19.9 Å². The molecule has 156 valence electrons. The molecule has 10 heteroatoms. The predicted molar refractivity (Wildman–Crippen MR) is 114 cm³/mol. The molecule has 0 radical (unpaired) electrons. The highest BCUT2D eigenvalue weighted by Crippen LogP contribution is 2.26. The second-order valence-electron chi connectivity index (χ2n) is 7.28. The van der Waals surface area contributed by atoms with E-state index in [1.807, 2.05) is 11.8 Å². The Morgan fingerprint density at radius 2 is 2.13 bits per heavy atom. The summed E-state index contributed by atoms with van der Waals surface area (Å²) in [6.45, 7) is 4.99. The van der Waals surface area contributed by atoms with Crippen LogP contribution in [0, 0.1) is 6.92 Å². The Morgan fingerprint density at radius 3 is 2.77 bits per heavy atom. The highest BCUT2D eigenvalue weighted by Gasteiger charge is 2.30. The van der Waals surface area contributed by atoms with E-state index in [4.69, 9.17) is 0 Å². The van der Waals surface area contributed by atoms with E-state index in [1.165, 1.54) is 17.5 Å². The highest BCUT2D eigenvalue weighted by molar-refractivity contribution is 7.12. The Morgan fingerprint density at radius 1 is 1.37 bits per heavy atom. The zero-order valence-corrected chi connectivity index (χ0v) is 17.4. The fraction of sp³-hybridized carbons (Fsp3) is 0.350. The highest BCUT2D eigenvalue weighted by atomic mass is 32.1. The Hall–Kier alpha value is -3.27. The van der Waals surface area contributed by atoms with Gasteiger partial charge in [-0.1, -0.05) is 6.92 Å². The van der Waals surface area contributed by atoms with Gasteiger partial charge in [0, 0.05) is 37.3 Å². The number of carboxylic acid groups (broad SMARTS) is 1. The number of nitrogens with one attached hydrogen (secondary N) is 1. The molecule has 3 aromatic heterocycles. The van der Waals surface area contributed by atoms with E-state index < -0.39 is 11.4 Å². The average molecular weight is 427 g/mol.